The van der Waals surface area contributed by atoms with Crippen LogP contribution < -0.4 is 10.6 Å². The van der Waals surface area contributed by atoms with E-state index in [0.717, 1.165) is 18.4 Å². The van der Waals surface area contributed by atoms with Gasteiger partial charge in [0.1, 0.15) is 0 Å². The molecule has 0 bridgehead atoms. The number of anilines is 3. The second kappa shape index (κ2) is 4.52. The van der Waals surface area contributed by atoms with E-state index in [2.05, 4.69) is 31.5 Å². The maximum atomic E-state index is 4.56. The van der Waals surface area contributed by atoms with Gasteiger partial charge >= 0.3 is 0 Å². The van der Waals surface area contributed by atoms with Crippen LogP contribution in [0.5, 0.6) is 0 Å². The van der Waals surface area contributed by atoms with Gasteiger partial charge in [0.2, 0.25) is 11.9 Å². The Balaban J connectivity index is 1.52. The molecule has 0 aromatic carbocycles. The Morgan fingerprint density at radius 1 is 1.26 bits per heavy atom. The Morgan fingerprint density at radius 3 is 3.05 bits per heavy atom. The van der Waals surface area contributed by atoms with Crippen LogP contribution in [0.25, 0.3) is 0 Å². The Kier molecular flexibility index (Phi) is 2.69. The van der Waals surface area contributed by atoms with Crippen molar-refractivity contribution in [3.05, 3.63) is 16.3 Å². The standard InChI is InChI=1S/C13H17N5S/c1-2-4-10(5-3-1)14-12-16-13-15-11-8-19-7-9(11)6-18(13)17-12/h7-8,10H,1-6H2,(H2,14,15,16,17). The molecule has 1 aliphatic carbocycles. The molecule has 1 fully saturated rings. The smallest absolute Gasteiger partial charge is 0.244 e. The molecule has 1 saturated carbocycles. The predicted molar refractivity (Wildman–Crippen MR) is 77.2 cm³/mol. The normalized spacial score (nSPS) is 18.5. The van der Waals surface area contributed by atoms with Crippen LogP contribution in [0, 0.1) is 0 Å². The van der Waals surface area contributed by atoms with E-state index in [0.29, 0.717) is 6.04 Å². The second-order valence-corrected chi connectivity index (χ2v) is 6.08. The van der Waals surface area contributed by atoms with E-state index >= 15 is 0 Å². The fourth-order valence-corrected chi connectivity index (χ4v) is 3.65. The van der Waals surface area contributed by atoms with Crippen LogP contribution in [0.3, 0.4) is 0 Å². The van der Waals surface area contributed by atoms with Gasteiger partial charge in [-0.15, -0.1) is 16.4 Å². The molecule has 100 valence electrons. The number of rotatable bonds is 2. The quantitative estimate of drug-likeness (QED) is 0.754. The summed E-state index contributed by atoms with van der Waals surface area (Å²) in [5.74, 6) is 1.62. The monoisotopic (exact) mass is 275 g/mol. The summed E-state index contributed by atoms with van der Waals surface area (Å²) < 4.78 is 1.94. The number of nitrogens with one attached hydrogen (secondary N) is 2. The Hall–Kier alpha value is -1.56. The van der Waals surface area contributed by atoms with E-state index in [1.165, 1.54) is 43.4 Å². The molecule has 1 aliphatic heterocycles. The number of aromatic nitrogens is 3. The third-order valence-electron chi connectivity index (χ3n) is 3.92. The molecule has 0 amide bonds. The van der Waals surface area contributed by atoms with Crippen LogP contribution in [-0.2, 0) is 6.54 Å². The number of hydrogen-bond acceptors (Lipinski definition) is 5. The van der Waals surface area contributed by atoms with Crippen molar-refractivity contribution in [1.82, 2.24) is 14.8 Å². The predicted octanol–water partition coefficient (Wildman–Crippen LogP) is 3.19. The minimum atomic E-state index is 0.548. The topological polar surface area (TPSA) is 54.8 Å². The van der Waals surface area contributed by atoms with Gasteiger partial charge in [-0.3, -0.25) is 0 Å². The molecule has 0 spiro atoms. The third-order valence-corrected chi connectivity index (χ3v) is 4.71. The number of thiophene rings is 1. The lowest BCUT2D eigenvalue weighted by molar-refractivity contribution is 0.460. The van der Waals surface area contributed by atoms with Crippen molar-refractivity contribution in [2.24, 2.45) is 0 Å². The van der Waals surface area contributed by atoms with E-state index < -0.39 is 0 Å². The lowest BCUT2D eigenvalue weighted by Crippen LogP contribution is -2.23. The average Bonchev–Trinajstić information content (AvgIpc) is 3.01. The molecule has 0 unspecified atom stereocenters. The van der Waals surface area contributed by atoms with Crippen molar-refractivity contribution < 1.29 is 0 Å². The van der Waals surface area contributed by atoms with E-state index in [1.807, 2.05) is 4.68 Å². The molecule has 0 atom stereocenters. The van der Waals surface area contributed by atoms with Gasteiger partial charge in [-0.2, -0.15) is 4.98 Å². The fourth-order valence-electron chi connectivity index (χ4n) is 2.87. The van der Waals surface area contributed by atoms with Gasteiger partial charge in [-0.25, -0.2) is 4.68 Å². The molecule has 6 heteroatoms. The molecule has 0 radical (unpaired) electrons. The first-order chi connectivity index (χ1) is 9.38. The van der Waals surface area contributed by atoms with E-state index in [-0.39, 0.29) is 0 Å². The molecule has 19 heavy (non-hydrogen) atoms. The first kappa shape index (κ1) is 11.3. The zero-order valence-corrected chi connectivity index (χ0v) is 11.5. The Labute approximate surface area is 116 Å². The van der Waals surface area contributed by atoms with Crippen LogP contribution in [0.4, 0.5) is 17.6 Å². The van der Waals surface area contributed by atoms with E-state index in [4.69, 9.17) is 0 Å². The van der Waals surface area contributed by atoms with Crippen molar-refractivity contribution in [2.75, 3.05) is 10.6 Å². The van der Waals surface area contributed by atoms with Gasteiger partial charge in [0, 0.05) is 17.0 Å². The largest absolute Gasteiger partial charge is 0.350 e. The van der Waals surface area contributed by atoms with Crippen LogP contribution in [0.15, 0.2) is 10.8 Å². The maximum Gasteiger partial charge on any atom is 0.244 e. The van der Waals surface area contributed by atoms with Crippen LogP contribution in [-0.4, -0.2) is 20.8 Å². The molecule has 5 nitrogen and oxygen atoms in total. The van der Waals surface area contributed by atoms with Crippen molar-refractivity contribution in [3.63, 3.8) is 0 Å². The molecule has 2 N–H and O–H groups in total. The van der Waals surface area contributed by atoms with E-state index in [1.54, 1.807) is 11.3 Å². The molecular weight excluding hydrogens is 258 g/mol. The highest BCUT2D eigenvalue weighted by Gasteiger charge is 2.21. The van der Waals surface area contributed by atoms with Gasteiger partial charge in [0.05, 0.1) is 12.2 Å². The van der Waals surface area contributed by atoms with Gasteiger partial charge in [-0.1, -0.05) is 19.3 Å². The number of hydrogen-bond donors (Lipinski definition) is 2. The summed E-state index contributed by atoms with van der Waals surface area (Å²) in [6.07, 6.45) is 6.49. The van der Waals surface area contributed by atoms with Gasteiger partial charge < -0.3 is 10.6 Å². The lowest BCUT2D eigenvalue weighted by Gasteiger charge is -2.21. The summed E-state index contributed by atoms with van der Waals surface area (Å²) in [5.41, 5.74) is 2.47. The van der Waals surface area contributed by atoms with Crippen molar-refractivity contribution in [2.45, 2.75) is 44.7 Å². The minimum absolute atomic E-state index is 0.548. The summed E-state index contributed by atoms with van der Waals surface area (Å²) in [6, 6.07) is 0.548. The Morgan fingerprint density at radius 2 is 2.16 bits per heavy atom. The molecular formula is C13H17N5S. The zero-order valence-electron chi connectivity index (χ0n) is 10.7. The summed E-state index contributed by atoms with van der Waals surface area (Å²) in [5, 5.41) is 15.7. The highest BCUT2D eigenvalue weighted by molar-refractivity contribution is 7.08. The zero-order chi connectivity index (χ0) is 12.7. The van der Waals surface area contributed by atoms with Gasteiger partial charge in [0.25, 0.3) is 0 Å². The number of nitrogens with zero attached hydrogens (tertiary/aromatic N) is 3. The van der Waals surface area contributed by atoms with Crippen molar-refractivity contribution >= 4 is 28.9 Å². The highest BCUT2D eigenvalue weighted by Crippen LogP contribution is 2.30. The average molecular weight is 275 g/mol. The van der Waals surface area contributed by atoms with Crippen LogP contribution >= 0.6 is 11.3 Å². The number of fused-ring (bicyclic) bond motifs is 2. The van der Waals surface area contributed by atoms with Gasteiger partial charge in [0.15, 0.2) is 0 Å². The van der Waals surface area contributed by atoms with Gasteiger partial charge in [-0.05, 0) is 18.2 Å². The second-order valence-electron chi connectivity index (χ2n) is 5.33. The molecule has 4 rings (SSSR count). The van der Waals surface area contributed by atoms with Crippen molar-refractivity contribution in [3.8, 4) is 0 Å². The molecule has 2 aromatic rings. The van der Waals surface area contributed by atoms with Crippen LogP contribution in [0.1, 0.15) is 37.7 Å². The van der Waals surface area contributed by atoms with E-state index in [9.17, 15) is 0 Å². The molecule has 2 aliphatic rings. The fraction of sp³-hybridized carbons (Fsp3) is 0.538. The van der Waals surface area contributed by atoms with Crippen molar-refractivity contribution in [1.29, 1.82) is 0 Å². The summed E-state index contributed by atoms with van der Waals surface area (Å²) in [6.45, 7) is 0.820. The minimum Gasteiger partial charge on any atom is -0.350 e. The molecule has 0 saturated heterocycles. The Bertz CT molecular complexity index is 544. The first-order valence-electron chi connectivity index (χ1n) is 6.92. The highest BCUT2D eigenvalue weighted by atomic mass is 32.1. The third kappa shape index (κ3) is 2.10. The van der Waals surface area contributed by atoms with Crippen LogP contribution in [0.2, 0.25) is 0 Å². The summed E-state index contributed by atoms with van der Waals surface area (Å²) >= 11 is 1.72. The maximum absolute atomic E-state index is 4.56. The SMILES string of the molecule is c1scc2c1Cn1nc(NC3CCCCC3)nc1N2. The summed E-state index contributed by atoms with van der Waals surface area (Å²) in [7, 11) is 0. The molecule has 3 heterocycles. The summed E-state index contributed by atoms with van der Waals surface area (Å²) in [4.78, 5) is 4.56. The molecule has 2 aromatic heterocycles. The lowest BCUT2D eigenvalue weighted by atomic mass is 9.96. The first-order valence-corrected chi connectivity index (χ1v) is 7.86.